The summed E-state index contributed by atoms with van der Waals surface area (Å²) in [6.07, 6.45) is 27.1. The Balaban J connectivity index is 0.869. The van der Waals surface area contributed by atoms with Crippen LogP contribution in [-0.2, 0) is 5.41 Å². The highest BCUT2D eigenvalue weighted by Gasteiger charge is 2.43. The highest BCUT2D eigenvalue weighted by Crippen LogP contribution is 2.56. The van der Waals surface area contributed by atoms with Crippen molar-refractivity contribution in [1.29, 1.82) is 0 Å². The molecule has 422 valence electrons. The average Bonchev–Trinajstić information content (AvgIpc) is 1.68. The van der Waals surface area contributed by atoms with Gasteiger partial charge in [0.15, 0.2) is 0 Å². The second-order valence-corrected chi connectivity index (χ2v) is 25.2. The number of hydrogen-bond donors (Lipinski definition) is 0. The van der Waals surface area contributed by atoms with Crippen molar-refractivity contribution in [2.24, 2.45) is 0 Å². The van der Waals surface area contributed by atoms with E-state index in [0.29, 0.717) is 0 Å². The van der Waals surface area contributed by atoms with E-state index in [4.69, 9.17) is 0 Å². The molecule has 2 atom stereocenters. The summed E-state index contributed by atoms with van der Waals surface area (Å²) in [5, 5.41) is 5.14. The SMILES string of the molecule is CCCCCCCCC1(CCCCCCCC)c2cc(-c3ccc(-c4ccc(C)cc4)cc3)ccc2-c2ccc(-c3cc(C)cc(-n4c5ccc(-c6ccc7c(c6)C6C=CC=CC6N7c6ccccc6)cc5c5c6ccccc6ccc54)c3)cc21. The third-order valence-electron chi connectivity index (χ3n) is 19.6. The Morgan fingerprint density at radius 1 is 0.388 bits per heavy atom. The van der Waals surface area contributed by atoms with Gasteiger partial charge < -0.3 is 9.47 Å². The number of aromatic nitrogens is 1. The van der Waals surface area contributed by atoms with Gasteiger partial charge in [0, 0.05) is 39.2 Å². The molecule has 2 nitrogen and oxygen atoms in total. The molecule has 1 aromatic heterocycles. The minimum Gasteiger partial charge on any atom is -0.333 e. The quantitative estimate of drug-likeness (QED) is 0.0691. The molecule has 0 bridgehead atoms. The molecule has 0 N–H and O–H groups in total. The molecular weight excluding hydrogens is 1020 g/mol. The summed E-state index contributed by atoms with van der Waals surface area (Å²) >= 11 is 0. The minimum absolute atomic E-state index is 0.0712. The molecule has 1 aliphatic heterocycles. The number of rotatable bonds is 20. The summed E-state index contributed by atoms with van der Waals surface area (Å²) in [6.45, 7) is 9.13. The van der Waals surface area contributed by atoms with Gasteiger partial charge in [-0.15, -0.1) is 0 Å². The van der Waals surface area contributed by atoms with Gasteiger partial charge in [-0.3, -0.25) is 0 Å². The maximum absolute atomic E-state index is 2.65. The fourth-order valence-electron chi connectivity index (χ4n) is 15.3. The lowest BCUT2D eigenvalue weighted by Gasteiger charge is -2.33. The Labute approximate surface area is 505 Å². The Kier molecular flexibility index (Phi) is 15.1. The van der Waals surface area contributed by atoms with Crippen molar-refractivity contribution in [2.75, 3.05) is 4.90 Å². The van der Waals surface area contributed by atoms with Crippen molar-refractivity contribution in [3.8, 4) is 61.3 Å². The van der Waals surface area contributed by atoms with E-state index in [1.54, 1.807) is 11.1 Å². The van der Waals surface area contributed by atoms with Crippen molar-refractivity contribution in [3.63, 3.8) is 0 Å². The predicted octanol–water partition coefficient (Wildman–Crippen LogP) is 23.7. The first-order valence-electron chi connectivity index (χ1n) is 32.3. The summed E-state index contributed by atoms with van der Waals surface area (Å²) in [5.41, 5.74) is 26.2. The van der Waals surface area contributed by atoms with Crippen LogP contribution in [0, 0.1) is 13.8 Å². The Hall–Kier alpha value is -8.46. The molecule has 0 amide bonds. The standard InChI is InChI=1S/C83H80N2/c1-5-7-9-11-13-22-48-83(49-23-14-12-10-8-6-2)76-55-65(61-36-34-60(35-37-61)59-32-30-57(3)31-33-59)38-43-71(76)72-44-39-66(56-77(72)83)67-50-58(4)51-69(52-67)85-80-46-42-64(54-75(80)82-70-27-19-18-24-62(70)40-47-81(82)85)63-41-45-79-74(53-63)73-28-20-21-29-78(73)84(79)68-25-16-15-17-26-68/h15-21,24-47,50-56,73,78H,5-14,22-23,48-49H2,1-4H3. The van der Waals surface area contributed by atoms with Crippen LogP contribution in [0.2, 0.25) is 0 Å². The van der Waals surface area contributed by atoms with Crippen molar-refractivity contribution in [2.45, 2.75) is 135 Å². The first-order chi connectivity index (χ1) is 41.9. The van der Waals surface area contributed by atoms with Gasteiger partial charge in [-0.25, -0.2) is 0 Å². The van der Waals surface area contributed by atoms with Crippen LogP contribution in [0.3, 0.4) is 0 Å². The maximum Gasteiger partial charge on any atom is 0.0629 e. The van der Waals surface area contributed by atoms with E-state index in [1.807, 2.05) is 0 Å². The molecule has 14 rings (SSSR count). The molecule has 85 heavy (non-hydrogen) atoms. The van der Waals surface area contributed by atoms with Crippen LogP contribution in [0.1, 0.15) is 137 Å². The van der Waals surface area contributed by atoms with Gasteiger partial charge in [0.1, 0.15) is 0 Å². The lowest BCUT2D eigenvalue weighted by atomic mass is 9.70. The van der Waals surface area contributed by atoms with E-state index in [2.05, 4.69) is 268 Å². The molecule has 2 heteroatoms. The lowest BCUT2D eigenvalue weighted by Crippen LogP contribution is -2.28. The Morgan fingerprint density at radius 3 is 1.65 bits per heavy atom. The van der Waals surface area contributed by atoms with E-state index in [0.717, 1.165) is 0 Å². The van der Waals surface area contributed by atoms with Crippen LogP contribution in [0.5, 0.6) is 0 Å². The molecule has 10 aromatic carbocycles. The number of fused-ring (bicyclic) bond motifs is 11. The zero-order valence-corrected chi connectivity index (χ0v) is 50.4. The molecule has 0 saturated carbocycles. The third kappa shape index (κ3) is 10.2. The number of aryl methyl sites for hydroxylation is 2. The topological polar surface area (TPSA) is 8.17 Å². The number of hydrogen-bond acceptors (Lipinski definition) is 1. The molecule has 3 aliphatic rings. The molecule has 0 spiro atoms. The summed E-state index contributed by atoms with van der Waals surface area (Å²) in [4.78, 5) is 2.52. The van der Waals surface area contributed by atoms with Gasteiger partial charge in [-0.2, -0.15) is 0 Å². The molecular formula is C83H80N2. The first kappa shape index (κ1) is 54.5. The van der Waals surface area contributed by atoms with E-state index >= 15 is 0 Å². The Bertz CT molecular complexity index is 4280. The second-order valence-electron chi connectivity index (χ2n) is 25.2. The van der Waals surface area contributed by atoms with Crippen molar-refractivity contribution in [3.05, 3.63) is 258 Å². The van der Waals surface area contributed by atoms with Gasteiger partial charge in [-0.05, 0) is 182 Å². The molecule has 2 unspecified atom stereocenters. The largest absolute Gasteiger partial charge is 0.333 e. The normalized spacial score (nSPS) is 15.5. The average molecular weight is 1110 g/mol. The van der Waals surface area contributed by atoms with Gasteiger partial charge in [-0.1, -0.05) is 260 Å². The zero-order chi connectivity index (χ0) is 57.4. The van der Waals surface area contributed by atoms with Gasteiger partial charge in [0.05, 0.1) is 17.1 Å². The number of nitrogens with zero attached hydrogens (tertiary/aromatic N) is 2. The van der Waals surface area contributed by atoms with E-state index in [9.17, 15) is 0 Å². The summed E-state index contributed by atoms with van der Waals surface area (Å²) in [5.74, 6) is 0.287. The minimum atomic E-state index is -0.0712. The predicted molar refractivity (Wildman–Crippen MR) is 365 cm³/mol. The first-order valence-corrected chi connectivity index (χ1v) is 32.3. The molecule has 11 aromatic rings. The Morgan fingerprint density at radius 2 is 0.941 bits per heavy atom. The fraction of sp³-hybridized carbons (Fsp3) is 0.253. The second kappa shape index (κ2) is 23.5. The molecule has 2 aliphatic carbocycles. The number of unbranched alkanes of at least 4 members (excludes halogenated alkanes) is 10. The van der Waals surface area contributed by atoms with Crippen LogP contribution < -0.4 is 4.90 Å². The zero-order valence-electron chi connectivity index (χ0n) is 50.4. The summed E-state index contributed by atoms with van der Waals surface area (Å²) in [6, 6.07) is 79.9. The van der Waals surface area contributed by atoms with Crippen LogP contribution in [0.4, 0.5) is 11.4 Å². The lowest BCUT2D eigenvalue weighted by molar-refractivity contribution is 0.398. The van der Waals surface area contributed by atoms with Crippen LogP contribution >= 0.6 is 0 Å². The van der Waals surface area contributed by atoms with Gasteiger partial charge >= 0.3 is 0 Å². The van der Waals surface area contributed by atoms with Crippen molar-refractivity contribution in [1.82, 2.24) is 4.57 Å². The van der Waals surface area contributed by atoms with E-state index < -0.39 is 0 Å². The monoisotopic (exact) mass is 1100 g/mol. The highest BCUT2D eigenvalue weighted by molar-refractivity contribution is 6.22. The number of benzene rings is 10. The van der Waals surface area contributed by atoms with Gasteiger partial charge in [0.2, 0.25) is 0 Å². The molecule has 2 heterocycles. The fourth-order valence-corrected chi connectivity index (χ4v) is 15.3. The van der Waals surface area contributed by atoms with Gasteiger partial charge in [0.25, 0.3) is 0 Å². The number of allylic oxidation sites excluding steroid dienone is 2. The maximum atomic E-state index is 2.65. The number of anilines is 2. The van der Waals surface area contributed by atoms with Crippen molar-refractivity contribution < 1.29 is 0 Å². The molecule has 0 saturated heterocycles. The number of para-hydroxylation sites is 1. The summed E-state index contributed by atoms with van der Waals surface area (Å²) in [7, 11) is 0. The van der Waals surface area contributed by atoms with E-state index in [1.165, 1.54) is 212 Å². The molecule has 0 radical (unpaired) electrons. The third-order valence-corrected chi connectivity index (χ3v) is 19.6. The van der Waals surface area contributed by atoms with E-state index in [-0.39, 0.29) is 17.4 Å². The van der Waals surface area contributed by atoms with Crippen LogP contribution in [0.25, 0.3) is 93.9 Å². The summed E-state index contributed by atoms with van der Waals surface area (Å²) < 4.78 is 2.56. The highest BCUT2D eigenvalue weighted by atomic mass is 15.2. The van der Waals surface area contributed by atoms with Crippen LogP contribution in [-0.4, -0.2) is 10.6 Å². The molecule has 0 fully saturated rings. The van der Waals surface area contributed by atoms with Crippen molar-refractivity contribution >= 4 is 44.0 Å². The smallest absolute Gasteiger partial charge is 0.0629 e. The van der Waals surface area contributed by atoms with Crippen LogP contribution in [0.15, 0.2) is 231 Å².